The molecule has 154 valence electrons. The summed E-state index contributed by atoms with van der Waals surface area (Å²) in [5.41, 5.74) is -3.42. The highest BCUT2D eigenvalue weighted by atomic mass is 35.5. The summed E-state index contributed by atoms with van der Waals surface area (Å²) in [6.45, 7) is 1.48. The first-order chi connectivity index (χ1) is 12.8. The quantitative estimate of drug-likeness (QED) is 0.507. The first-order valence-corrected chi connectivity index (χ1v) is 8.72. The van der Waals surface area contributed by atoms with Gasteiger partial charge in [-0.05, 0) is 43.0 Å². The zero-order chi connectivity index (χ0) is 21.4. The van der Waals surface area contributed by atoms with E-state index in [0.717, 1.165) is 12.1 Å². The summed E-state index contributed by atoms with van der Waals surface area (Å²) >= 11 is 11.3. The second kappa shape index (κ2) is 7.91. The van der Waals surface area contributed by atoms with Crippen LogP contribution in [0.15, 0.2) is 18.2 Å². The predicted octanol–water partition coefficient (Wildman–Crippen LogP) is 6.79. The van der Waals surface area contributed by atoms with Crippen LogP contribution in [0.1, 0.15) is 34.7 Å². The Morgan fingerprint density at radius 3 is 2.00 bits per heavy atom. The van der Waals surface area contributed by atoms with E-state index in [0.29, 0.717) is 6.07 Å². The molecule has 0 aliphatic carbocycles. The number of hydrogen-bond acceptors (Lipinski definition) is 2. The number of aromatic hydroxyl groups is 2. The van der Waals surface area contributed by atoms with Gasteiger partial charge in [-0.1, -0.05) is 30.1 Å². The molecule has 0 atom stereocenters. The second-order valence-corrected chi connectivity index (χ2v) is 6.78. The summed E-state index contributed by atoms with van der Waals surface area (Å²) in [7, 11) is 0. The lowest BCUT2D eigenvalue weighted by molar-refractivity contribution is -0.138. The summed E-state index contributed by atoms with van der Waals surface area (Å²) in [6, 6.07) is 2.44. The van der Waals surface area contributed by atoms with Crippen molar-refractivity contribution < 1.29 is 36.6 Å². The Hall–Kier alpha value is -1.80. The van der Waals surface area contributed by atoms with Gasteiger partial charge in [-0.2, -0.15) is 26.3 Å². The Morgan fingerprint density at radius 2 is 1.50 bits per heavy atom. The van der Waals surface area contributed by atoms with Crippen molar-refractivity contribution in [3.63, 3.8) is 0 Å². The van der Waals surface area contributed by atoms with Crippen LogP contribution in [-0.4, -0.2) is 10.2 Å². The summed E-state index contributed by atoms with van der Waals surface area (Å²) in [5.74, 6) is -1.22. The van der Waals surface area contributed by atoms with Gasteiger partial charge in [-0.3, -0.25) is 0 Å². The van der Waals surface area contributed by atoms with E-state index < -0.39 is 63.4 Å². The Bertz CT molecular complexity index is 891. The highest BCUT2D eigenvalue weighted by Gasteiger charge is 2.38. The normalized spacial score (nSPS) is 12.5. The van der Waals surface area contributed by atoms with Gasteiger partial charge in [-0.15, -0.1) is 0 Å². The van der Waals surface area contributed by atoms with E-state index in [-0.39, 0.29) is 17.5 Å². The first kappa shape index (κ1) is 22.5. The first-order valence-electron chi connectivity index (χ1n) is 7.96. The third kappa shape index (κ3) is 4.43. The van der Waals surface area contributed by atoms with Crippen molar-refractivity contribution in [2.24, 2.45) is 0 Å². The summed E-state index contributed by atoms with van der Waals surface area (Å²) in [4.78, 5) is 0. The molecule has 2 nitrogen and oxygen atoms in total. The number of halogens is 8. The molecule has 0 bridgehead atoms. The van der Waals surface area contributed by atoms with Crippen LogP contribution in [0.5, 0.6) is 11.5 Å². The van der Waals surface area contributed by atoms with E-state index in [1.54, 1.807) is 0 Å². The van der Waals surface area contributed by atoms with Gasteiger partial charge in [-0.25, -0.2) is 0 Å². The van der Waals surface area contributed by atoms with E-state index >= 15 is 0 Å². The van der Waals surface area contributed by atoms with Crippen LogP contribution < -0.4 is 0 Å². The number of aryl methyl sites for hydroxylation is 1. The van der Waals surface area contributed by atoms with E-state index in [2.05, 4.69) is 0 Å². The molecule has 0 fully saturated rings. The molecular formula is C18H14Cl2F6O2. The molecular weight excluding hydrogens is 433 g/mol. The number of phenolic OH excluding ortho intramolecular Hbond substituents is 2. The van der Waals surface area contributed by atoms with Gasteiger partial charge >= 0.3 is 12.4 Å². The topological polar surface area (TPSA) is 40.5 Å². The molecule has 10 heteroatoms. The molecule has 0 aromatic heterocycles. The molecule has 28 heavy (non-hydrogen) atoms. The summed E-state index contributed by atoms with van der Waals surface area (Å²) in [6.07, 6.45) is -10.6. The number of phenols is 2. The van der Waals surface area contributed by atoms with Crippen LogP contribution in [-0.2, 0) is 31.6 Å². The van der Waals surface area contributed by atoms with Crippen molar-refractivity contribution in [1.82, 2.24) is 0 Å². The van der Waals surface area contributed by atoms with Gasteiger partial charge in [0.05, 0.1) is 21.2 Å². The molecule has 0 radical (unpaired) electrons. The average Bonchev–Trinajstić information content (AvgIpc) is 2.55. The Balaban J connectivity index is 2.54. The van der Waals surface area contributed by atoms with E-state index in [1.807, 2.05) is 0 Å². The van der Waals surface area contributed by atoms with Crippen molar-refractivity contribution in [2.45, 2.75) is 38.5 Å². The zero-order valence-electron chi connectivity index (χ0n) is 14.3. The summed E-state index contributed by atoms with van der Waals surface area (Å²) in [5, 5.41) is 18.8. The molecule has 2 aromatic carbocycles. The van der Waals surface area contributed by atoms with E-state index in [1.165, 1.54) is 6.92 Å². The van der Waals surface area contributed by atoms with E-state index in [9.17, 15) is 36.6 Å². The minimum absolute atomic E-state index is 0.0161. The molecule has 0 saturated carbocycles. The van der Waals surface area contributed by atoms with Crippen molar-refractivity contribution in [2.75, 3.05) is 0 Å². The fourth-order valence-corrected chi connectivity index (χ4v) is 3.58. The van der Waals surface area contributed by atoms with Gasteiger partial charge in [0.2, 0.25) is 0 Å². The monoisotopic (exact) mass is 446 g/mol. The SMILES string of the molecule is CCc1c(O)c(CCc2c(O)ccc(Cl)c2C(F)(F)F)cc(C(F)(F)F)c1Cl. The molecule has 2 N–H and O–H groups in total. The maximum absolute atomic E-state index is 13.3. The molecule has 0 heterocycles. The van der Waals surface area contributed by atoms with Gasteiger partial charge in [0, 0.05) is 11.1 Å². The third-order valence-electron chi connectivity index (χ3n) is 4.23. The summed E-state index contributed by atoms with van der Waals surface area (Å²) < 4.78 is 79.4. The van der Waals surface area contributed by atoms with Crippen LogP contribution in [0.4, 0.5) is 26.3 Å². The number of benzene rings is 2. The Kier molecular flexibility index (Phi) is 6.35. The fourth-order valence-electron chi connectivity index (χ4n) is 2.91. The highest BCUT2D eigenvalue weighted by molar-refractivity contribution is 6.32. The fraction of sp³-hybridized carbons (Fsp3) is 0.333. The Morgan fingerprint density at radius 1 is 0.893 bits per heavy atom. The van der Waals surface area contributed by atoms with E-state index in [4.69, 9.17) is 23.2 Å². The molecule has 0 spiro atoms. The van der Waals surface area contributed by atoms with Gasteiger partial charge in [0.25, 0.3) is 0 Å². The van der Waals surface area contributed by atoms with Gasteiger partial charge in [0.15, 0.2) is 0 Å². The minimum Gasteiger partial charge on any atom is -0.508 e. The van der Waals surface area contributed by atoms with Crippen molar-refractivity contribution in [1.29, 1.82) is 0 Å². The van der Waals surface area contributed by atoms with Crippen LogP contribution in [0.3, 0.4) is 0 Å². The molecule has 2 aromatic rings. The molecule has 0 saturated heterocycles. The van der Waals surface area contributed by atoms with Crippen molar-refractivity contribution in [3.05, 3.63) is 56.1 Å². The minimum atomic E-state index is -4.88. The molecule has 2 rings (SSSR count). The third-order valence-corrected chi connectivity index (χ3v) is 4.98. The molecule has 0 unspecified atom stereocenters. The Labute approximate surface area is 166 Å². The smallest absolute Gasteiger partial charge is 0.418 e. The molecule has 0 aliphatic rings. The number of hydrogen-bond donors (Lipinski definition) is 2. The highest BCUT2D eigenvalue weighted by Crippen LogP contribution is 2.44. The average molecular weight is 447 g/mol. The molecule has 0 amide bonds. The lowest BCUT2D eigenvalue weighted by Crippen LogP contribution is -2.12. The van der Waals surface area contributed by atoms with Crippen LogP contribution >= 0.6 is 23.2 Å². The van der Waals surface area contributed by atoms with Crippen LogP contribution in [0, 0.1) is 0 Å². The van der Waals surface area contributed by atoms with Crippen molar-refractivity contribution >= 4 is 23.2 Å². The van der Waals surface area contributed by atoms with Gasteiger partial charge < -0.3 is 10.2 Å². The van der Waals surface area contributed by atoms with Crippen LogP contribution in [0.2, 0.25) is 10.0 Å². The lowest BCUT2D eigenvalue weighted by atomic mass is 9.94. The zero-order valence-corrected chi connectivity index (χ0v) is 15.8. The van der Waals surface area contributed by atoms with Crippen LogP contribution in [0.25, 0.3) is 0 Å². The van der Waals surface area contributed by atoms with Gasteiger partial charge in [0.1, 0.15) is 11.5 Å². The largest absolute Gasteiger partial charge is 0.508 e. The molecule has 0 aliphatic heterocycles. The predicted molar refractivity (Wildman–Crippen MR) is 93.0 cm³/mol. The number of alkyl halides is 6. The maximum atomic E-state index is 13.3. The maximum Gasteiger partial charge on any atom is 0.418 e. The van der Waals surface area contributed by atoms with Crippen molar-refractivity contribution in [3.8, 4) is 11.5 Å². The lowest BCUT2D eigenvalue weighted by Gasteiger charge is -2.19. The standard InChI is InChI=1S/C18H14Cl2F6O2/c1-2-9-15(20)11(17(21,22)23)7-8(16(9)28)3-4-10-13(27)6-5-12(19)14(10)18(24,25)26/h5-7,27-28H,2-4H2,1H3. The number of rotatable bonds is 4. The second-order valence-electron chi connectivity index (χ2n) is 5.99.